The van der Waals surface area contributed by atoms with E-state index in [1.54, 1.807) is 43.3 Å². The first-order valence-electron chi connectivity index (χ1n) is 6.93. The molecule has 0 spiro atoms. The van der Waals surface area contributed by atoms with Gasteiger partial charge in [0.15, 0.2) is 6.61 Å². The van der Waals surface area contributed by atoms with Crippen molar-refractivity contribution in [3.8, 4) is 5.75 Å². The maximum Gasteiger partial charge on any atom is 0.344 e. The number of carbonyl (C=O) groups is 1. The molecule has 0 bridgehead atoms. The Bertz CT molecular complexity index is 894. The summed E-state index contributed by atoms with van der Waals surface area (Å²) in [6.45, 7) is 1.83. The number of hydrogen-bond donors (Lipinski definition) is 0. The topological polar surface area (TPSA) is 65.7 Å². The summed E-state index contributed by atoms with van der Waals surface area (Å²) in [6.07, 6.45) is 0. The molecule has 0 amide bonds. The molecule has 0 atom stereocenters. The molecule has 5 nitrogen and oxygen atoms in total. The quantitative estimate of drug-likeness (QED) is 0.547. The smallest absolute Gasteiger partial charge is 0.344 e. The van der Waals surface area contributed by atoms with Crippen molar-refractivity contribution < 1.29 is 18.7 Å². The lowest BCUT2D eigenvalue weighted by atomic mass is 10.1. The number of rotatable bonds is 4. The summed E-state index contributed by atoms with van der Waals surface area (Å²) in [5.74, 6) is -0.0312. The molecule has 0 saturated carbocycles. The Morgan fingerprint density at radius 1 is 1.09 bits per heavy atom. The fourth-order valence-corrected chi connectivity index (χ4v) is 2.22. The zero-order valence-corrected chi connectivity index (χ0v) is 12.0. The third-order valence-electron chi connectivity index (χ3n) is 3.21. The van der Waals surface area contributed by atoms with E-state index in [-0.39, 0.29) is 12.0 Å². The zero-order chi connectivity index (χ0) is 15.5. The number of carbonyl (C=O) groups excluding carboxylic acids is 1. The van der Waals surface area contributed by atoms with Crippen LogP contribution in [0.25, 0.3) is 21.9 Å². The van der Waals surface area contributed by atoms with Gasteiger partial charge in [0, 0.05) is 0 Å². The number of hydrogen-bond acceptors (Lipinski definition) is 5. The molecule has 5 heteroatoms. The SMILES string of the molecule is CCOC(=O)COc1ccc2oc3ccccc3c(=O)c2c1. The van der Waals surface area contributed by atoms with Crippen molar-refractivity contribution in [1.82, 2.24) is 0 Å². The van der Waals surface area contributed by atoms with Crippen LogP contribution in [0.4, 0.5) is 0 Å². The molecule has 0 N–H and O–H groups in total. The molecule has 0 aliphatic carbocycles. The molecular formula is C17H14O5. The maximum atomic E-state index is 12.5. The van der Waals surface area contributed by atoms with Gasteiger partial charge in [-0.25, -0.2) is 4.79 Å². The molecule has 0 fully saturated rings. The highest BCUT2D eigenvalue weighted by Crippen LogP contribution is 2.22. The second-order valence-corrected chi connectivity index (χ2v) is 4.68. The fraction of sp³-hybridized carbons (Fsp3) is 0.176. The normalized spacial score (nSPS) is 10.8. The van der Waals surface area contributed by atoms with Crippen LogP contribution in [0.15, 0.2) is 51.7 Å². The van der Waals surface area contributed by atoms with Gasteiger partial charge in [-0.2, -0.15) is 0 Å². The van der Waals surface area contributed by atoms with Crippen LogP contribution in [-0.2, 0) is 9.53 Å². The van der Waals surface area contributed by atoms with Crippen LogP contribution in [0.1, 0.15) is 6.92 Å². The van der Waals surface area contributed by atoms with Gasteiger partial charge in [0.05, 0.1) is 17.4 Å². The first-order valence-corrected chi connectivity index (χ1v) is 6.93. The number of ether oxygens (including phenoxy) is 2. The molecule has 1 aromatic heterocycles. The van der Waals surface area contributed by atoms with Crippen molar-refractivity contribution in [1.29, 1.82) is 0 Å². The Balaban J connectivity index is 1.99. The first-order chi connectivity index (χ1) is 10.7. The lowest BCUT2D eigenvalue weighted by Crippen LogP contribution is -2.14. The Labute approximate surface area is 126 Å². The van der Waals surface area contributed by atoms with Crippen LogP contribution in [0, 0.1) is 0 Å². The van der Waals surface area contributed by atoms with Gasteiger partial charge in [-0.05, 0) is 37.3 Å². The van der Waals surface area contributed by atoms with Gasteiger partial charge in [0.1, 0.15) is 16.9 Å². The number of esters is 1. The molecule has 0 aliphatic heterocycles. The van der Waals surface area contributed by atoms with Gasteiger partial charge in [0.2, 0.25) is 5.43 Å². The molecule has 0 radical (unpaired) electrons. The fourth-order valence-electron chi connectivity index (χ4n) is 2.22. The van der Waals surface area contributed by atoms with Crippen molar-refractivity contribution in [2.75, 3.05) is 13.2 Å². The average Bonchev–Trinajstić information content (AvgIpc) is 2.54. The van der Waals surface area contributed by atoms with Gasteiger partial charge in [-0.3, -0.25) is 4.79 Å². The van der Waals surface area contributed by atoms with Crippen LogP contribution < -0.4 is 10.2 Å². The van der Waals surface area contributed by atoms with Gasteiger partial charge < -0.3 is 13.9 Å². The summed E-state index contributed by atoms with van der Waals surface area (Å²) in [4.78, 5) is 23.8. The van der Waals surface area contributed by atoms with E-state index in [4.69, 9.17) is 13.9 Å². The van der Waals surface area contributed by atoms with E-state index in [1.807, 2.05) is 6.07 Å². The van der Waals surface area contributed by atoms with Crippen LogP contribution in [-0.4, -0.2) is 19.2 Å². The van der Waals surface area contributed by atoms with E-state index in [0.29, 0.717) is 34.3 Å². The predicted octanol–water partition coefficient (Wildman–Crippen LogP) is 2.89. The zero-order valence-electron chi connectivity index (χ0n) is 12.0. The first kappa shape index (κ1) is 14.1. The highest BCUT2D eigenvalue weighted by atomic mass is 16.6. The summed E-state index contributed by atoms with van der Waals surface area (Å²) in [5.41, 5.74) is 0.894. The molecule has 0 saturated heterocycles. The van der Waals surface area contributed by atoms with Gasteiger partial charge in [-0.15, -0.1) is 0 Å². The highest BCUT2D eigenvalue weighted by molar-refractivity contribution is 5.90. The molecule has 3 rings (SSSR count). The Morgan fingerprint density at radius 2 is 1.86 bits per heavy atom. The van der Waals surface area contributed by atoms with E-state index < -0.39 is 5.97 Å². The van der Waals surface area contributed by atoms with Crippen LogP contribution in [0.3, 0.4) is 0 Å². The van der Waals surface area contributed by atoms with Crippen LogP contribution in [0.5, 0.6) is 5.75 Å². The second kappa shape index (κ2) is 5.89. The summed E-state index contributed by atoms with van der Waals surface area (Å²) in [6, 6.07) is 11.9. The molecule has 0 aliphatic rings. The molecule has 3 aromatic rings. The van der Waals surface area contributed by atoms with E-state index in [9.17, 15) is 9.59 Å². The van der Waals surface area contributed by atoms with E-state index in [2.05, 4.69) is 0 Å². The lowest BCUT2D eigenvalue weighted by Gasteiger charge is -2.07. The van der Waals surface area contributed by atoms with Gasteiger partial charge >= 0.3 is 5.97 Å². The van der Waals surface area contributed by atoms with E-state index in [1.165, 1.54) is 0 Å². The maximum absolute atomic E-state index is 12.5. The van der Waals surface area contributed by atoms with E-state index in [0.717, 1.165) is 0 Å². The minimum absolute atomic E-state index is 0.126. The molecular weight excluding hydrogens is 284 g/mol. The Morgan fingerprint density at radius 3 is 2.68 bits per heavy atom. The molecule has 2 aromatic carbocycles. The van der Waals surface area contributed by atoms with Crippen molar-refractivity contribution in [3.05, 3.63) is 52.7 Å². The standard InChI is InChI=1S/C17H14O5/c1-2-20-16(18)10-21-11-7-8-15-13(9-11)17(19)12-5-3-4-6-14(12)22-15/h3-9H,2,10H2,1H3. The minimum Gasteiger partial charge on any atom is -0.482 e. The van der Waals surface area contributed by atoms with Crippen LogP contribution >= 0.6 is 0 Å². The molecule has 1 heterocycles. The number of para-hydroxylation sites is 1. The lowest BCUT2D eigenvalue weighted by molar-refractivity contribution is -0.145. The Kier molecular flexibility index (Phi) is 3.78. The second-order valence-electron chi connectivity index (χ2n) is 4.68. The summed E-state index contributed by atoms with van der Waals surface area (Å²) in [7, 11) is 0. The molecule has 22 heavy (non-hydrogen) atoms. The average molecular weight is 298 g/mol. The van der Waals surface area contributed by atoms with Gasteiger partial charge in [0.25, 0.3) is 0 Å². The van der Waals surface area contributed by atoms with Crippen molar-refractivity contribution in [2.24, 2.45) is 0 Å². The van der Waals surface area contributed by atoms with Crippen molar-refractivity contribution in [3.63, 3.8) is 0 Å². The summed E-state index contributed by atoms with van der Waals surface area (Å²) >= 11 is 0. The monoisotopic (exact) mass is 298 g/mol. The van der Waals surface area contributed by atoms with E-state index >= 15 is 0 Å². The largest absolute Gasteiger partial charge is 0.482 e. The van der Waals surface area contributed by atoms with Gasteiger partial charge in [-0.1, -0.05) is 12.1 Å². The number of fused-ring (bicyclic) bond motifs is 2. The highest BCUT2D eigenvalue weighted by Gasteiger charge is 2.09. The minimum atomic E-state index is -0.451. The van der Waals surface area contributed by atoms with Crippen molar-refractivity contribution in [2.45, 2.75) is 6.92 Å². The third-order valence-corrected chi connectivity index (χ3v) is 3.21. The van der Waals surface area contributed by atoms with Crippen LogP contribution in [0.2, 0.25) is 0 Å². The Hall–Kier alpha value is -2.82. The third kappa shape index (κ3) is 2.65. The molecule has 112 valence electrons. The molecule has 0 unspecified atom stereocenters. The number of benzene rings is 2. The van der Waals surface area contributed by atoms with Crippen molar-refractivity contribution >= 4 is 27.9 Å². The predicted molar refractivity (Wildman–Crippen MR) is 82.1 cm³/mol. The summed E-state index contributed by atoms with van der Waals surface area (Å²) in [5, 5.41) is 0.928. The summed E-state index contributed by atoms with van der Waals surface area (Å²) < 4.78 is 15.8.